The summed E-state index contributed by atoms with van der Waals surface area (Å²) in [5.74, 6) is 0.0389. The van der Waals surface area contributed by atoms with Gasteiger partial charge in [-0.1, -0.05) is 6.07 Å². The highest BCUT2D eigenvalue weighted by Gasteiger charge is 2.25. The minimum atomic E-state index is -0.718. The van der Waals surface area contributed by atoms with Crippen molar-refractivity contribution < 1.29 is 10.2 Å². The van der Waals surface area contributed by atoms with Crippen LogP contribution in [-0.4, -0.2) is 19.8 Å². The number of pyridine rings is 1. The molecule has 4 nitrogen and oxygen atoms in total. The normalized spacial score (nSPS) is 11.7. The topological polar surface area (TPSA) is 58.3 Å². The molecule has 6 heteroatoms. The van der Waals surface area contributed by atoms with E-state index < -0.39 is 4.08 Å². The summed E-state index contributed by atoms with van der Waals surface area (Å²) in [4.78, 5) is 4.21. The van der Waals surface area contributed by atoms with Crippen molar-refractivity contribution in [2.45, 2.75) is 17.0 Å². The molecule has 0 radical (unpaired) electrons. The zero-order chi connectivity index (χ0) is 13.2. The number of aromatic hydroxyl groups is 2. The van der Waals surface area contributed by atoms with Gasteiger partial charge in [0.2, 0.25) is 0 Å². The van der Waals surface area contributed by atoms with Crippen molar-refractivity contribution in [1.82, 2.24) is 9.55 Å². The maximum atomic E-state index is 9.54. The number of hydrogen-bond acceptors (Lipinski definition) is 5. The molecule has 0 unspecified atom stereocenters. The lowest BCUT2D eigenvalue weighted by Crippen LogP contribution is -2.15. The highest BCUT2D eigenvalue weighted by atomic mass is 32.2. The van der Waals surface area contributed by atoms with Crippen molar-refractivity contribution in [2.24, 2.45) is 0 Å². The molecule has 0 saturated carbocycles. The summed E-state index contributed by atoms with van der Waals surface area (Å²) < 4.78 is 0.675. The summed E-state index contributed by atoms with van der Waals surface area (Å²) in [7, 11) is 0. The third-order valence-electron chi connectivity index (χ3n) is 2.69. The molecule has 2 aromatic rings. The van der Waals surface area contributed by atoms with Crippen LogP contribution in [0.25, 0.3) is 0 Å². The van der Waals surface area contributed by atoms with Gasteiger partial charge in [-0.2, -0.15) is 25.3 Å². The Morgan fingerprint density at radius 3 is 2.33 bits per heavy atom. The predicted octanol–water partition coefficient (Wildman–Crippen LogP) is 2.40. The molecule has 2 N–H and O–H groups in total. The zero-order valence-corrected chi connectivity index (χ0v) is 11.4. The van der Waals surface area contributed by atoms with Crippen LogP contribution in [0.2, 0.25) is 0 Å². The van der Waals surface area contributed by atoms with Crippen LogP contribution in [0.1, 0.15) is 12.1 Å². The molecule has 0 bridgehead atoms. The second kappa shape index (κ2) is 5.16. The molecule has 2 aromatic heterocycles. The highest BCUT2D eigenvalue weighted by Crippen LogP contribution is 2.36. The molecule has 18 heavy (non-hydrogen) atoms. The minimum absolute atomic E-state index is 0.0194. The molecule has 0 amide bonds. The van der Waals surface area contributed by atoms with Gasteiger partial charge >= 0.3 is 0 Å². The largest absolute Gasteiger partial charge is 0.494 e. The fourth-order valence-corrected chi connectivity index (χ4v) is 2.14. The molecular formula is C12H14N2O2S2. The van der Waals surface area contributed by atoms with Gasteiger partial charge in [0.25, 0.3) is 0 Å². The monoisotopic (exact) mass is 282 g/mol. The maximum absolute atomic E-state index is 9.54. The maximum Gasteiger partial charge on any atom is 0.193 e. The minimum Gasteiger partial charge on any atom is -0.494 e. The summed E-state index contributed by atoms with van der Waals surface area (Å²) >= 11 is 8.96. The van der Waals surface area contributed by atoms with Crippen molar-refractivity contribution in [3.8, 4) is 11.8 Å². The molecule has 0 fully saturated rings. The second-order valence-electron chi connectivity index (χ2n) is 3.98. The van der Waals surface area contributed by atoms with E-state index in [4.69, 9.17) is 0 Å². The molecule has 0 aromatic carbocycles. The van der Waals surface area contributed by atoms with Crippen LogP contribution in [0.5, 0.6) is 11.8 Å². The highest BCUT2D eigenvalue weighted by molar-refractivity contribution is 7.99. The van der Waals surface area contributed by atoms with Gasteiger partial charge < -0.3 is 10.2 Å². The van der Waals surface area contributed by atoms with E-state index in [1.165, 1.54) is 16.7 Å². The van der Waals surface area contributed by atoms with Crippen molar-refractivity contribution in [3.63, 3.8) is 0 Å². The van der Waals surface area contributed by atoms with Gasteiger partial charge in [-0.15, -0.1) is 0 Å². The van der Waals surface area contributed by atoms with Crippen LogP contribution in [-0.2, 0) is 10.6 Å². The molecule has 0 spiro atoms. The van der Waals surface area contributed by atoms with Crippen LogP contribution in [0.4, 0.5) is 0 Å². The van der Waals surface area contributed by atoms with Gasteiger partial charge in [0.15, 0.2) is 11.8 Å². The summed E-state index contributed by atoms with van der Waals surface area (Å²) in [5.41, 5.74) is 0.739. The van der Waals surface area contributed by atoms with E-state index in [2.05, 4.69) is 30.2 Å². The van der Waals surface area contributed by atoms with E-state index in [9.17, 15) is 10.2 Å². The number of hydrogen-bond donors (Lipinski definition) is 4. The first-order chi connectivity index (χ1) is 8.50. The summed E-state index contributed by atoms with van der Waals surface area (Å²) in [6.07, 6.45) is 2.19. The number of nitrogens with zero attached hydrogens (tertiary/aromatic N) is 2. The molecule has 2 heterocycles. The smallest absolute Gasteiger partial charge is 0.193 e. The molecular weight excluding hydrogens is 268 g/mol. The van der Waals surface area contributed by atoms with Gasteiger partial charge in [0, 0.05) is 24.9 Å². The van der Waals surface area contributed by atoms with E-state index in [-0.39, 0.29) is 11.8 Å². The van der Waals surface area contributed by atoms with Crippen LogP contribution in [0.15, 0.2) is 36.5 Å². The Labute approximate surface area is 116 Å². The molecule has 0 aliphatic rings. The molecule has 0 aliphatic carbocycles. The van der Waals surface area contributed by atoms with Crippen molar-refractivity contribution in [2.75, 3.05) is 0 Å². The molecule has 96 valence electrons. The van der Waals surface area contributed by atoms with Gasteiger partial charge in [-0.3, -0.25) is 9.55 Å². The Hall–Kier alpha value is -1.27. The SMILES string of the molecule is Oc1ccc(O)n1CCC(S)(S)c1ccccn1. The first-order valence-corrected chi connectivity index (χ1v) is 6.34. The quantitative estimate of drug-likeness (QED) is 0.514. The van der Waals surface area contributed by atoms with E-state index in [1.807, 2.05) is 18.2 Å². The van der Waals surface area contributed by atoms with Crippen LogP contribution < -0.4 is 0 Å². The second-order valence-corrected chi connectivity index (χ2v) is 5.86. The number of aromatic nitrogens is 2. The van der Waals surface area contributed by atoms with E-state index in [1.54, 1.807) is 6.20 Å². The molecule has 2 rings (SSSR count). The van der Waals surface area contributed by atoms with Gasteiger partial charge in [-0.25, -0.2) is 0 Å². The van der Waals surface area contributed by atoms with Crippen molar-refractivity contribution in [3.05, 3.63) is 42.2 Å². The van der Waals surface area contributed by atoms with Crippen LogP contribution in [0, 0.1) is 0 Å². The first-order valence-electron chi connectivity index (χ1n) is 5.44. The molecule has 0 atom stereocenters. The fourth-order valence-electron chi connectivity index (χ4n) is 1.67. The van der Waals surface area contributed by atoms with E-state index in [0.29, 0.717) is 13.0 Å². The van der Waals surface area contributed by atoms with E-state index in [0.717, 1.165) is 5.69 Å². The molecule has 0 aliphatic heterocycles. The Morgan fingerprint density at radius 2 is 1.78 bits per heavy atom. The third kappa shape index (κ3) is 2.76. The Morgan fingerprint density at radius 1 is 1.11 bits per heavy atom. The van der Waals surface area contributed by atoms with Gasteiger partial charge in [-0.05, 0) is 18.6 Å². The Kier molecular flexibility index (Phi) is 3.77. The Balaban J connectivity index is 2.10. The standard InChI is InChI=1S/C12H14N2O2S2/c15-10-4-5-11(16)14(10)8-6-12(17,18)9-3-1-2-7-13-9/h1-5,7,15-18H,6,8H2. The fraction of sp³-hybridized carbons (Fsp3) is 0.250. The average molecular weight is 282 g/mol. The third-order valence-corrected chi connectivity index (χ3v) is 3.60. The number of rotatable bonds is 4. The summed E-state index contributed by atoms with van der Waals surface area (Å²) in [6, 6.07) is 8.41. The summed E-state index contributed by atoms with van der Waals surface area (Å²) in [6.45, 7) is 0.397. The lowest BCUT2D eigenvalue weighted by molar-refractivity contribution is 0.362. The van der Waals surface area contributed by atoms with Crippen molar-refractivity contribution in [1.29, 1.82) is 0 Å². The summed E-state index contributed by atoms with van der Waals surface area (Å²) in [5, 5.41) is 19.1. The van der Waals surface area contributed by atoms with Crippen LogP contribution >= 0.6 is 25.3 Å². The Bertz CT molecular complexity index is 507. The van der Waals surface area contributed by atoms with Crippen LogP contribution in [0.3, 0.4) is 0 Å². The lowest BCUT2D eigenvalue weighted by Gasteiger charge is -2.22. The average Bonchev–Trinajstić information content (AvgIpc) is 2.68. The molecule has 0 saturated heterocycles. The van der Waals surface area contributed by atoms with Gasteiger partial charge in [0.1, 0.15) is 0 Å². The van der Waals surface area contributed by atoms with Gasteiger partial charge in [0.05, 0.1) is 9.77 Å². The van der Waals surface area contributed by atoms with E-state index >= 15 is 0 Å². The first kappa shape index (κ1) is 13.2. The zero-order valence-electron chi connectivity index (χ0n) is 9.56. The number of thiol groups is 2. The predicted molar refractivity (Wildman–Crippen MR) is 76.3 cm³/mol. The van der Waals surface area contributed by atoms with Crippen molar-refractivity contribution >= 4 is 25.3 Å². The lowest BCUT2D eigenvalue weighted by atomic mass is 10.2.